The smallest absolute Gasteiger partial charge is 0.330 e. The summed E-state index contributed by atoms with van der Waals surface area (Å²) >= 11 is 6.54. The Balaban J connectivity index is 2.04. The number of nitrogens with one attached hydrogen (secondary N) is 1. The lowest BCUT2D eigenvalue weighted by atomic mass is 10.3. The molecule has 1 heterocycles. The molecule has 0 atom stereocenters. The zero-order valence-corrected chi connectivity index (χ0v) is 11.0. The van der Waals surface area contributed by atoms with E-state index in [1.54, 1.807) is 0 Å². The summed E-state index contributed by atoms with van der Waals surface area (Å²) in [6.45, 7) is 5.14. The predicted octanol–water partition coefficient (Wildman–Crippen LogP) is 0.696. The SMILES string of the molecule is C=CC(=O)OCCSC(=S)NC1COCOC1. The maximum Gasteiger partial charge on any atom is 0.330 e. The van der Waals surface area contributed by atoms with Gasteiger partial charge in [-0.3, -0.25) is 0 Å². The number of esters is 1. The molecule has 7 heteroatoms. The first kappa shape index (κ1) is 14.4. The van der Waals surface area contributed by atoms with E-state index in [0.29, 0.717) is 36.7 Å². The fourth-order valence-electron chi connectivity index (χ4n) is 1.11. The molecular weight excluding hydrogens is 262 g/mol. The van der Waals surface area contributed by atoms with Crippen molar-refractivity contribution in [1.82, 2.24) is 5.32 Å². The maximum absolute atomic E-state index is 10.7. The van der Waals surface area contributed by atoms with E-state index in [2.05, 4.69) is 11.9 Å². The summed E-state index contributed by atoms with van der Waals surface area (Å²) in [6, 6.07) is 0.0967. The van der Waals surface area contributed by atoms with E-state index in [1.165, 1.54) is 11.8 Å². The van der Waals surface area contributed by atoms with Crippen molar-refractivity contribution in [2.24, 2.45) is 0 Å². The third kappa shape index (κ3) is 6.62. The summed E-state index contributed by atoms with van der Waals surface area (Å²) in [7, 11) is 0. The second-order valence-corrected chi connectivity index (χ2v) is 4.98. The normalized spacial score (nSPS) is 16.2. The van der Waals surface area contributed by atoms with Crippen LogP contribution in [0.1, 0.15) is 0 Å². The Morgan fingerprint density at radius 2 is 2.29 bits per heavy atom. The second-order valence-electron chi connectivity index (χ2n) is 3.21. The molecule has 1 fully saturated rings. The van der Waals surface area contributed by atoms with Crippen LogP contribution in [0.25, 0.3) is 0 Å². The van der Waals surface area contributed by atoms with Gasteiger partial charge in [0.2, 0.25) is 0 Å². The van der Waals surface area contributed by atoms with Crippen LogP contribution < -0.4 is 5.32 Å². The number of carbonyl (C=O) groups excluding carboxylic acids is 1. The summed E-state index contributed by atoms with van der Waals surface area (Å²) in [5.41, 5.74) is 0. The molecular formula is C10H15NO4S2. The standard InChI is InChI=1S/C10H15NO4S2/c1-2-9(12)15-3-4-17-10(16)11-8-5-13-7-14-6-8/h2,8H,1,3-7H2,(H,11,16). The van der Waals surface area contributed by atoms with Crippen LogP contribution in [-0.4, -0.2) is 48.7 Å². The van der Waals surface area contributed by atoms with E-state index >= 15 is 0 Å². The monoisotopic (exact) mass is 277 g/mol. The van der Waals surface area contributed by atoms with Gasteiger partial charge in [-0.1, -0.05) is 30.6 Å². The molecule has 0 aliphatic carbocycles. The number of ether oxygens (including phenoxy) is 3. The van der Waals surface area contributed by atoms with E-state index < -0.39 is 5.97 Å². The molecule has 17 heavy (non-hydrogen) atoms. The molecule has 0 saturated carbocycles. The van der Waals surface area contributed by atoms with Crippen LogP contribution >= 0.6 is 24.0 Å². The lowest BCUT2D eigenvalue weighted by molar-refractivity contribution is -0.137. The minimum Gasteiger partial charge on any atom is -0.462 e. The van der Waals surface area contributed by atoms with Crippen molar-refractivity contribution in [1.29, 1.82) is 0 Å². The highest BCUT2D eigenvalue weighted by Gasteiger charge is 2.14. The Morgan fingerprint density at radius 1 is 1.59 bits per heavy atom. The van der Waals surface area contributed by atoms with Crippen LogP contribution in [0.5, 0.6) is 0 Å². The van der Waals surface area contributed by atoms with Crippen molar-refractivity contribution in [3.8, 4) is 0 Å². The third-order valence-electron chi connectivity index (χ3n) is 1.85. The summed E-state index contributed by atoms with van der Waals surface area (Å²) in [4.78, 5) is 10.7. The second kappa shape index (κ2) is 8.46. The highest BCUT2D eigenvalue weighted by molar-refractivity contribution is 8.22. The molecule has 0 spiro atoms. The zero-order valence-electron chi connectivity index (χ0n) is 9.35. The quantitative estimate of drug-likeness (QED) is 0.343. The van der Waals surface area contributed by atoms with Gasteiger partial charge in [0.05, 0.1) is 19.3 Å². The molecule has 0 aromatic rings. The average Bonchev–Trinajstić information content (AvgIpc) is 2.35. The number of hydrogen-bond donors (Lipinski definition) is 1. The molecule has 0 amide bonds. The van der Waals surface area contributed by atoms with Gasteiger partial charge >= 0.3 is 5.97 Å². The zero-order chi connectivity index (χ0) is 12.5. The Bertz CT molecular complexity index is 279. The maximum atomic E-state index is 10.7. The van der Waals surface area contributed by atoms with Crippen LogP contribution in [0.3, 0.4) is 0 Å². The van der Waals surface area contributed by atoms with Gasteiger partial charge < -0.3 is 19.5 Å². The summed E-state index contributed by atoms with van der Waals surface area (Å²) in [6.07, 6.45) is 1.14. The van der Waals surface area contributed by atoms with Crippen molar-refractivity contribution in [3.63, 3.8) is 0 Å². The van der Waals surface area contributed by atoms with E-state index in [9.17, 15) is 4.79 Å². The Morgan fingerprint density at radius 3 is 2.94 bits per heavy atom. The van der Waals surface area contributed by atoms with Gasteiger partial charge in [-0.25, -0.2) is 4.79 Å². The first-order chi connectivity index (χ1) is 8.22. The van der Waals surface area contributed by atoms with Gasteiger partial charge in [-0.2, -0.15) is 0 Å². The number of rotatable bonds is 5. The minimum atomic E-state index is -0.418. The summed E-state index contributed by atoms with van der Waals surface area (Å²) in [5.74, 6) is 0.193. The van der Waals surface area contributed by atoms with Crippen molar-refractivity contribution < 1.29 is 19.0 Å². The van der Waals surface area contributed by atoms with Crippen molar-refractivity contribution in [2.75, 3.05) is 32.4 Å². The number of thioether (sulfide) groups is 1. The molecule has 0 aromatic heterocycles. The van der Waals surface area contributed by atoms with Gasteiger partial charge in [0.15, 0.2) is 0 Å². The Hall–Kier alpha value is -0.630. The van der Waals surface area contributed by atoms with Gasteiger partial charge in [-0.05, 0) is 0 Å². The van der Waals surface area contributed by atoms with Crippen LogP contribution in [-0.2, 0) is 19.0 Å². The molecule has 1 aliphatic heterocycles. The van der Waals surface area contributed by atoms with Crippen LogP contribution in [0.15, 0.2) is 12.7 Å². The van der Waals surface area contributed by atoms with Crippen LogP contribution in [0.2, 0.25) is 0 Å². The largest absolute Gasteiger partial charge is 0.462 e. The lowest BCUT2D eigenvalue weighted by Crippen LogP contribution is -2.43. The Kier molecular flexibility index (Phi) is 7.18. The highest BCUT2D eigenvalue weighted by atomic mass is 32.2. The summed E-state index contributed by atoms with van der Waals surface area (Å²) < 4.78 is 15.7. The third-order valence-corrected chi connectivity index (χ3v) is 3.08. The van der Waals surface area contributed by atoms with Crippen LogP contribution in [0, 0.1) is 0 Å². The molecule has 1 rings (SSSR count). The molecule has 96 valence electrons. The summed E-state index contributed by atoms with van der Waals surface area (Å²) in [5, 5.41) is 3.10. The highest BCUT2D eigenvalue weighted by Crippen LogP contribution is 2.05. The van der Waals surface area contributed by atoms with Gasteiger partial charge in [0.25, 0.3) is 0 Å². The molecule has 0 aromatic carbocycles. The lowest BCUT2D eigenvalue weighted by Gasteiger charge is -2.24. The molecule has 1 aliphatic rings. The van der Waals surface area contributed by atoms with Crippen molar-refractivity contribution in [2.45, 2.75) is 6.04 Å². The first-order valence-corrected chi connectivity index (χ1v) is 6.49. The van der Waals surface area contributed by atoms with Gasteiger partial charge in [0.1, 0.15) is 17.7 Å². The topological polar surface area (TPSA) is 56.8 Å². The molecule has 1 N–H and O–H groups in total. The number of carbonyl (C=O) groups is 1. The van der Waals surface area contributed by atoms with Crippen molar-refractivity contribution in [3.05, 3.63) is 12.7 Å². The van der Waals surface area contributed by atoms with E-state index in [4.69, 9.17) is 26.4 Å². The fraction of sp³-hybridized carbons (Fsp3) is 0.600. The predicted molar refractivity (Wildman–Crippen MR) is 69.9 cm³/mol. The molecule has 0 bridgehead atoms. The van der Waals surface area contributed by atoms with Crippen LogP contribution in [0.4, 0.5) is 0 Å². The fourth-order valence-corrected chi connectivity index (χ4v) is 2.13. The minimum absolute atomic E-state index is 0.0967. The average molecular weight is 277 g/mol. The number of thiocarbonyl (C=S) groups is 1. The first-order valence-electron chi connectivity index (χ1n) is 5.10. The molecule has 5 nitrogen and oxygen atoms in total. The molecule has 1 saturated heterocycles. The van der Waals surface area contributed by atoms with Gasteiger partial charge in [-0.15, -0.1) is 0 Å². The van der Waals surface area contributed by atoms with E-state index in [0.717, 1.165) is 6.08 Å². The number of hydrogen-bond acceptors (Lipinski definition) is 6. The van der Waals surface area contributed by atoms with Crippen molar-refractivity contribution >= 4 is 34.3 Å². The van der Waals surface area contributed by atoms with E-state index in [-0.39, 0.29) is 6.04 Å². The Labute approximate surface area is 110 Å². The van der Waals surface area contributed by atoms with E-state index in [1.807, 2.05) is 0 Å². The van der Waals surface area contributed by atoms with Gasteiger partial charge in [0, 0.05) is 11.8 Å². The molecule has 0 unspecified atom stereocenters. The molecule has 0 radical (unpaired) electrons.